The maximum absolute atomic E-state index is 12.7. The van der Waals surface area contributed by atoms with E-state index in [0.717, 1.165) is 27.2 Å². The molecule has 0 aliphatic carbocycles. The van der Waals surface area contributed by atoms with E-state index >= 15 is 0 Å². The molecule has 1 N–H and O–H groups in total. The molecule has 4 rings (SSSR count). The Morgan fingerprint density at radius 1 is 1.19 bits per heavy atom. The van der Waals surface area contributed by atoms with Gasteiger partial charge in [-0.3, -0.25) is 9.59 Å². The average Bonchev–Trinajstić information content (AvgIpc) is 3.19. The first kappa shape index (κ1) is 17.6. The number of carbonyl (C=O) groups is 2. The predicted octanol–water partition coefficient (Wildman–Crippen LogP) is 3.61. The van der Waals surface area contributed by atoms with Crippen molar-refractivity contribution in [2.45, 2.75) is 27.2 Å². The van der Waals surface area contributed by atoms with Crippen molar-refractivity contribution >= 4 is 44.3 Å². The topological polar surface area (TPSA) is 75.2 Å². The van der Waals surface area contributed by atoms with Gasteiger partial charge >= 0.3 is 0 Å². The Balaban J connectivity index is 1.50. The van der Waals surface area contributed by atoms with Crippen molar-refractivity contribution in [1.29, 1.82) is 0 Å². The number of fused-ring (bicyclic) bond motifs is 1. The zero-order chi connectivity index (χ0) is 19.1. The van der Waals surface area contributed by atoms with Crippen molar-refractivity contribution in [3.05, 3.63) is 47.2 Å². The highest BCUT2D eigenvalue weighted by atomic mass is 32.1. The third-order valence-corrected chi connectivity index (χ3v) is 5.84. The van der Waals surface area contributed by atoms with Gasteiger partial charge in [0.1, 0.15) is 0 Å². The number of nitrogens with zero attached hydrogens (tertiary/aromatic N) is 3. The monoisotopic (exact) mass is 380 g/mol. The number of nitrogens with one attached hydrogen (secondary N) is 1. The second-order valence-corrected chi connectivity index (χ2v) is 7.98. The summed E-state index contributed by atoms with van der Waals surface area (Å²) in [7, 11) is 0. The lowest BCUT2D eigenvalue weighted by atomic mass is 10.1. The molecule has 2 aromatic heterocycles. The Morgan fingerprint density at radius 3 is 2.67 bits per heavy atom. The lowest BCUT2D eigenvalue weighted by molar-refractivity contribution is -0.122. The van der Waals surface area contributed by atoms with Crippen LogP contribution in [0.5, 0.6) is 0 Å². The zero-order valence-electron chi connectivity index (χ0n) is 15.4. The molecule has 7 heteroatoms. The largest absolute Gasteiger partial charge is 0.312 e. The molecule has 0 radical (unpaired) electrons. The van der Waals surface area contributed by atoms with E-state index in [2.05, 4.69) is 15.3 Å². The van der Waals surface area contributed by atoms with Gasteiger partial charge in [0.2, 0.25) is 11.8 Å². The normalized spacial score (nSPS) is 16.9. The highest BCUT2D eigenvalue weighted by Crippen LogP contribution is 2.30. The third-order valence-electron chi connectivity index (χ3n) is 4.75. The van der Waals surface area contributed by atoms with E-state index in [-0.39, 0.29) is 24.2 Å². The Kier molecular flexibility index (Phi) is 4.39. The van der Waals surface area contributed by atoms with Crippen LogP contribution in [-0.4, -0.2) is 28.3 Å². The quantitative estimate of drug-likeness (QED) is 0.753. The third kappa shape index (κ3) is 3.42. The van der Waals surface area contributed by atoms with Crippen molar-refractivity contribution in [1.82, 2.24) is 9.97 Å². The summed E-state index contributed by atoms with van der Waals surface area (Å²) >= 11 is 1.42. The average molecular weight is 380 g/mol. The van der Waals surface area contributed by atoms with E-state index in [1.54, 1.807) is 4.90 Å². The first-order valence-corrected chi connectivity index (χ1v) is 9.65. The minimum Gasteiger partial charge on any atom is -0.312 e. The van der Waals surface area contributed by atoms with Crippen LogP contribution in [0.15, 0.2) is 30.3 Å². The van der Waals surface area contributed by atoms with Crippen LogP contribution in [-0.2, 0) is 9.59 Å². The lowest BCUT2D eigenvalue weighted by Crippen LogP contribution is -2.28. The lowest BCUT2D eigenvalue weighted by Gasteiger charge is -2.16. The summed E-state index contributed by atoms with van der Waals surface area (Å²) in [5.74, 6) is -0.593. The number of anilines is 2. The Labute approximate surface area is 161 Å². The Hall–Kier alpha value is -2.80. The van der Waals surface area contributed by atoms with Gasteiger partial charge < -0.3 is 10.2 Å². The summed E-state index contributed by atoms with van der Waals surface area (Å²) < 4.78 is 0.972. The molecule has 3 heterocycles. The molecule has 0 bridgehead atoms. The van der Waals surface area contributed by atoms with E-state index in [9.17, 15) is 9.59 Å². The van der Waals surface area contributed by atoms with Crippen molar-refractivity contribution in [3.8, 4) is 0 Å². The van der Waals surface area contributed by atoms with Crippen LogP contribution in [0.3, 0.4) is 0 Å². The van der Waals surface area contributed by atoms with Crippen LogP contribution < -0.4 is 10.2 Å². The van der Waals surface area contributed by atoms with Crippen LogP contribution in [0, 0.1) is 26.7 Å². The first-order valence-electron chi connectivity index (χ1n) is 8.83. The van der Waals surface area contributed by atoms with Crippen molar-refractivity contribution in [3.63, 3.8) is 0 Å². The van der Waals surface area contributed by atoms with E-state index in [0.29, 0.717) is 17.3 Å². The number of pyridine rings is 1. The molecular formula is C20H20N4O2S. The summed E-state index contributed by atoms with van der Waals surface area (Å²) in [6.07, 6.45) is 0.209. The molecule has 2 amide bonds. The molecule has 6 nitrogen and oxygen atoms in total. The molecule has 1 aliphatic rings. The number of amides is 2. The maximum atomic E-state index is 12.7. The summed E-state index contributed by atoms with van der Waals surface area (Å²) in [6, 6.07) is 9.76. The number of aromatic nitrogens is 2. The van der Waals surface area contributed by atoms with Crippen molar-refractivity contribution in [2.75, 3.05) is 16.8 Å². The van der Waals surface area contributed by atoms with E-state index in [4.69, 9.17) is 0 Å². The molecule has 1 unspecified atom stereocenters. The van der Waals surface area contributed by atoms with Gasteiger partial charge in [-0.2, -0.15) is 4.98 Å². The van der Waals surface area contributed by atoms with Crippen LogP contribution in [0.4, 0.5) is 10.8 Å². The molecule has 27 heavy (non-hydrogen) atoms. The SMILES string of the molecule is Cc1ccc(N2CC(C(=O)Nc3nc4nc(C)cc(C)c4s3)CC2=O)cc1. The predicted molar refractivity (Wildman–Crippen MR) is 107 cm³/mol. The summed E-state index contributed by atoms with van der Waals surface area (Å²) in [4.78, 5) is 35.6. The molecule has 0 saturated carbocycles. The molecule has 3 aromatic rings. The maximum Gasteiger partial charge on any atom is 0.231 e. The highest BCUT2D eigenvalue weighted by Gasteiger charge is 2.35. The van der Waals surface area contributed by atoms with Crippen LogP contribution in [0.2, 0.25) is 0 Å². The minimum atomic E-state index is -0.387. The Morgan fingerprint density at radius 2 is 1.93 bits per heavy atom. The second kappa shape index (κ2) is 6.74. The fourth-order valence-electron chi connectivity index (χ4n) is 3.34. The van der Waals surface area contributed by atoms with E-state index in [1.165, 1.54) is 11.3 Å². The summed E-state index contributed by atoms with van der Waals surface area (Å²) in [5.41, 5.74) is 4.61. The highest BCUT2D eigenvalue weighted by molar-refractivity contribution is 7.22. The molecule has 138 valence electrons. The number of thiazole rings is 1. The van der Waals surface area contributed by atoms with E-state index < -0.39 is 0 Å². The first-order chi connectivity index (χ1) is 12.9. The van der Waals surface area contributed by atoms with Crippen LogP contribution in [0.1, 0.15) is 23.2 Å². The van der Waals surface area contributed by atoms with Gasteiger partial charge in [0, 0.05) is 24.3 Å². The van der Waals surface area contributed by atoms with Crippen LogP contribution in [0.25, 0.3) is 10.3 Å². The molecule has 1 atom stereocenters. The van der Waals surface area contributed by atoms with Crippen LogP contribution >= 0.6 is 11.3 Å². The molecule has 1 aliphatic heterocycles. The van der Waals surface area contributed by atoms with Gasteiger partial charge in [0.15, 0.2) is 10.8 Å². The summed E-state index contributed by atoms with van der Waals surface area (Å²) in [5, 5.41) is 3.40. The number of hydrogen-bond donors (Lipinski definition) is 1. The zero-order valence-corrected chi connectivity index (χ0v) is 16.3. The van der Waals surface area contributed by atoms with Gasteiger partial charge in [-0.25, -0.2) is 4.98 Å². The van der Waals surface area contributed by atoms with Gasteiger partial charge in [0.05, 0.1) is 10.6 Å². The smallest absolute Gasteiger partial charge is 0.231 e. The molecule has 1 fully saturated rings. The van der Waals surface area contributed by atoms with Crippen molar-refractivity contribution < 1.29 is 9.59 Å². The molecule has 1 saturated heterocycles. The van der Waals surface area contributed by atoms with E-state index in [1.807, 2.05) is 51.1 Å². The standard InChI is InChI=1S/C20H20N4O2S/c1-11-4-6-15(7-5-11)24-10-14(9-16(24)25)19(26)23-20-22-18-17(27-20)12(2)8-13(3)21-18/h4-8,14H,9-10H2,1-3H3,(H,21,22,23,26). The number of rotatable bonds is 3. The molecular weight excluding hydrogens is 360 g/mol. The fourth-order valence-corrected chi connectivity index (χ4v) is 4.22. The fraction of sp³-hybridized carbons (Fsp3) is 0.300. The molecule has 0 spiro atoms. The summed E-state index contributed by atoms with van der Waals surface area (Å²) in [6.45, 7) is 6.32. The van der Waals surface area contributed by atoms with Gasteiger partial charge in [-0.05, 0) is 44.5 Å². The number of benzene rings is 1. The van der Waals surface area contributed by atoms with Crippen molar-refractivity contribution in [2.24, 2.45) is 5.92 Å². The van der Waals surface area contributed by atoms with Gasteiger partial charge in [0.25, 0.3) is 0 Å². The Bertz CT molecular complexity index is 1040. The number of aryl methyl sites for hydroxylation is 3. The van der Waals surface area contributed by atoms with Gasteiger partial charge in [-0.15, -0.1) is 0 Å². The van der Waals surface area contributed by atoms with Gasteiger partial charge in [-0.1, -0.05) is 29.0 Å². The number of hydrogen-bond acceptors (Lipinski definition) is 5. The minimum absolute atomic E-state index is 0.0311. The second-order valence-electron chi connectivity index (χ2n) is 6.98. The molecule has 1 aromatic carbocycles. The number of carbonyl (C=O) groups excluding carboxylic acids is 2.